The van der Waals surface area contributed by atoms with Crippen LogP contribution in [0.25, 0.3) is 21.8 Å². The van der Waals surface area contributed by atoms with Gasteiger partial charge in [0.2, 0.25) is 0 Å². The van der Waals surface area contributed by atoms with Crippen molar-refractivity contribution in [3.8, 4) is 0 Å². The molecule has 3 aliphatic rings. The van der Waals surface area contributed by atoms with Crippen LogP contribution in [0.4, 0.5) is 0 Å². The first kappa shape index (κ1) is 19.9. The highest BCUT2D eigenvalue weighted by Crippen LogP contribution is 2.49. The Morgan fingerprint density at radius 2 is 1.10 bits per heavy atom. The number of aromatic nitrogens is 1. The molecule has 1 nitrogen and oxygen atoms in total. The summed E-state index contributed by atoms with van der Waals surface area (Å²) in [6.45, 7) is 0. The summed E-state index contributed by atoms with van der Waals surface area (Å²) < 4.78 is 0. The lowest BCUT2D eigenvalue weighted by Gasteiger charge is -2.35. The molecule has 0 unspecified atom stereocenters. The molecule has 31 heavy (non-hydrogen) atoms. The van der Waals surface area contributed by atoms with Gasteiger partial charge in [-0.3, -0.25) is 0 Å². The molecule has 1 N–H and O–H groups in total. The van der Waals surface area contributed by atoms with Gasteiger partial charge in [0.15, 0.2) is 0 Å². The third kappa shape index (κ3) is 3.62. The maximum atomic E-state index is 3.95. The highest BCUT2D eigenvalue weighted by molar-refractivity contribution is 6.09. The fraction of sp³-hybridized carbons (Fsp3) is 0.600. The minimum atomic E-state index is 0.768. The largest absolute Gasteiger partial charge is 0.354 e. The van der Waals surface area contributed by atoms with Gasteiger partial charge in [-0.05, 0) is 85.1 Å². The normalized spacial score (nSPS) is 22.5. The van der Waals surface area contributed by atoms with Crippen molar-refractivity contribution in [1.82, 2.24) is 4.98 Å². The first-order chi connectivity index (χ1) is 15.4. The second-order valence-corrected chi connectivity index (χ2v) is 10.9. The quantitative estimate of drug-likeness (QED) is 0.440. The fourth-order valence-electron chi connectivity index (χ4n) is 7.46. The van der Waals surface area contributed by atoms with Crippen LogP contribution in [0.5, 0.6) is 0 Å². The number of hydrogen-bond donors (Lipinski definition) is 1. The Hall–Kier alpha value is -1.76. The molecule has 3 aromatic rings. The Morgan fingerprint density at radius 1 is 0.548 bits per heavy atom. The molecule has 1 heteroatoms. The molecule has 164 valence electrons. The highest BCUT2D eigenvalue weighted by Gasteiger charge is 2.32. The maximum Gasteiger partial charge on any atom is 0.0503 e. The second kappa shape index (κ2) is 8.64. The first-order valence-corrected chi connectivity index (χ1v) is 13.5. The number of nitrogens with one attached hydrogen (secondary N) is 1. The molecule has 0 radical (unpaired) electrons. The van der Waals surface area contributed by atoms with Crippen LogP contribution in [0.1, 0.15) is 131 Å². The molecule has 3 fully saturated rings. The van der Waals surface area contributed by atoms with E-state index in [0.29, 0.717) is 0 Å². The molecule has 0 amide bonds. The van der Waals surface area contributed by atoms with E-state index >= 15 is 0 Å². The van der Waals surface area contributed by atoms with Crippen molar-refractivity contribution < 1.29 is 0 Å². The Kier molecular flexibility index (Phi) is 5.55. The van der Waals surface area contributed by atoms with E-state index in [-0.39, 0.29) is 0 Å². The zero-order valence-corrected chi connectivity index (χ0v) is 19.2. The van der Waals surface area contributed by atoms with Crippen molar-refractivity contribution in [2.24, 2.45) is 0 Å². The summed E-state index contributed by atoms with van der Waals surface area (Å²) in [5.41, 5.74) is 8.25. The molecule has 3 saturated carbocycles. The van der Waals surface area contributed by atoms with E-state index in [9.17, 15) is 0 Å². The van der Waals surface area contributed by atoms with Crippen LogP contribution in [-0.4, -0.2) is 4.98 Å². The van der Waals surface area contributed by atoms with Crippen molar-refractivity contribution in [2.45, 2.75) is 114 Å². The van der Waals surface area contributed by atoms with E-state index in [4.69, 9.17) is 0 Å². The third-order valence-electron chi connectivity index (χ3n) is 8.99. The lowest BCUT2D eigenvalue weighted by molar-refractivity contribution is 0.405. The van der Waals surface area contributed by atoms with Gasteiger partial charge < -0.3 is 4.98 Å². The average molecular weight is 414 g/mol. The summed E-state index contributed by atoms with van der Waals surface area (Å²) in [6, 6.07) is 11.7. The van der Waals surface area contributed by atoms with Gasteiger partial charge in [-0.1, -0.05) is 76.0 Å². The van der Waals surface area contributed by atoms with E-state index in [1.54, 1.807) is 11.1 Å². The van der Waals surface area contributed by atoms with Gasteiger partial charge in [0.05, 0.1) is 5.52 Å². The van der Waals surface area contributed by atoms with Crippen LogP contribution in [0.2, 0.25) is 0 Å². The van der Waals surface area contributed by atoms with Gasteiger partial charge in [-0.15, -0.1) is 0 Å². The standard InChI is InChI=1S/C30H39N/c1-4-12-21(13-5-1)25-20-26-24-18-10-11-19-27(24)31-30(26)29(23-16-8-3-9-17-23)28(25)22-14-6-2-7-15-22/h10-11,18-23,31H,1-9,12-17H2. The smallest absolute Gasteiger partial charge is 0.0503 e. The lowest BCUT2D eigenvalue weighted by Crippen LogP contribution is -2.18. The van der Waals surface area contributed by atoms with E-state index in [2.05, 4.69) is 35.3 Å². The Balaban J connectivity index is 1.63. The summed E-state index contributed by atoms with van der Waals surface area (Å²) in [7, 11) is 0. The van der Waals surface area contributed by atoms with Gasteiger partial charge >= 0.3 is 0 Å². The van der Waals surface area contributed by atoms with Crippen molar-refractivity contribution in [3.05, 3.63) is 47.0 Å². The van der Waals surface area contributed by atoms with Crippen LogP contribution in [-0.2, 0) is 0 Å². The SMILES string of the molecule is c1ccc2c(c1)[nH]c1c(C3CCCCC3)c(C3CCCCC3)c(C3CCCCC3)cc12. The third-order valence-corrected chi connectivity index (χ3v) is 8.99. The zero-order valence-electron chi connectivity index (χ0n) is 19.2. The number of para-hydroxylation sites is 1. The van der Waals surface area contributed by atoms with Crippen molar-refractivity contribution in [3.63, 3.8) is 0 Å². The minimum absolute atomic E-state index is 0.768. The Morgan fingerprint density at radius 3 is 1.74 bits per heavy atom. The number of hydrogen-bond acceptors (Lipinski definition) is 0. The number of H-pyrrole nitrogens is 1. The van der Waals surface area contributed by atoms with Crippen molar-refractivity contribution in [2.75, 3.05) is 0 Å². The summed E-state index contributed by atoms with van der Waals surface area (Å²) in [4.78, 5) is 3.95. The molecule has 0 spiro atoms. The molecule has 1 heterocycles. The second-order valence-electron chi connectivity index (χ2n) is 10.9. The van der Waals surface area contributed by atoms with Crippen LogP contribution in [0.3, 0.4) is 0 Å². The Bertz CT molecular complexity index is 1040. The van der Waals surface area contributed by atoms with E-state index in [1.807, 2.05) is 5.56 Å². The first-order valence-electron chi connectivity index (χ1n) is 13.5. The maximum absolute atomic E-state index is 3.95. The number of aromatic amines is 1. The zero-order chi connectivity index (χ0) is 20.6. The van der Waals surface area contributed by atoms with E-state index in [1.165, 1.54) is 118 Å². The molecular formula is C30H39N. The topological polar surface area (TPSA) is 15.8 Å². The number of benzene rings is 2. The summed E-state index contributed by atoms with van der Waals surface area (Å²) >= 11 is 0. The fourth-order valence-corrected chi connectivity index (χ4v) is 7.46. The predicted octanol–water partition coefficient (Wildman–Crippen LogP) is 9.46. The van der Waals surface area contributed by atoms with E-state index in [0.717, 1.165) is 17.8 Å². The molecule has 0 atom stereocenters. The van der Waals surface area contributed by atoms with Gasteiger partial charge in [-0.25, -0.2) is 0 Å². The minimum Gasteiger partial charge on any atom is -0.354 e. The molecule has 1 aromatic heterocycles. The molecule has 3 aliphatic carbocycles. The molecular weight excluding hydrogens is 374 g/mol. The predicted molar refractivity (Wildman–Crippen MR) is 133 cm³/mol. The van der Waals surface area contributed by atoms with Crippen molar-refractivity contribution in [1.29, 1.82) is 0 Å². The molecule has 2 aromatic carbocycles. The van der Waals surface area contributed by atoms with Crippen molar-refractivity contribution >= 4 is 21.8 Å². The summed E-state index contributed by atoms with van der Waals surface area (Å²) in [6.07, 6.45) is 21.4. The number of rotatable bonds is 3. The van der Waals surface area contributed by atoms with Crippen LogP contribution in [0, 0.1) is 0 Å². The average Bonchev–Trinajstić information content (AvgIpc) is 3.23. The van der Waals surface area contributed by atoms with Gasteiger partial charge in [0.25, 0.3) is 0 Å². The molecule has 0 saturated heterocycles. The van der Waals surface area contributed by atoms with Crippen LogP contribution < -0.4 is 0 Å². The van der Waals surface area contributed by atoms with Crippen LogP contribution in [0.15, 0.2) is 30.3 Å². The van der Waals surface area contributed by atoms with Gasteiger partial charge in [-0.2, -0.15) is 0 Å². The molecule has 6 rings (SSSR count). The summed E-state index contributed by atoms with van der Waals surface area (Å²) in [5, 5.41) is 2.97. The van der Waals surface area contributed by atoms with Crippen LogP contribution >= 0.6 is 0 Å². The lowest BCUT2D eigenvalue weighted by atomic mass is 9.70. The van der Waals surface area contributed by atoms with Gasteiger partial charge in [0.1, 0.15) is 0 Å². The number of fused-ring (bicyclic) bond motifs is 3. The molecule has 0 bridgehead atoms. The Labute approximate surface area is 188 Å². The molecule has 0 aliphatic heterocycles. The highest BCUT2D eigenvalue weighted by atomic mass is 14.7. The van der Waals surface area contributed by atoms with Gasteiger partial charge in [0, 0.05) is 16.3 Å². The van der Waals surface area contributed by atoms with E-state index < -0.39 is 0 Å². The monoisotopic (exact) mass is 413 g/mol. The summed E-state index contributed by atoms with van der Waals surface area (Å²) in [5.74, 6) is 2.37.